The first-order valence-electron chi connectivity index (χ1n) is 8.79. The maximum atomic E-state index is 11.9. The van der Waals surface area contributed by atoms with Crippen LogP contribution in [0.3, 0.4) is 0 Å². The molecule has 0 spiro atoms. The number of amides is 1. The van der Waals surface area contributed by atoms with E-state index in [-0.39, 0.29) is 5.91 Å². The molecule has 10 nitrogen and oxygen atoms in total. The maximum Gasteiger partial charge on any atom is 0.271 e. The van der Waals surface area contributed by atoms with Crippen LogP contribution in [0.15, 0.2) is 42.0 Å². The Hall–Kier alpha value is -3.30. The fourth-order valence-electron chi connectivity index (χ4n) is 2.76. The van der Waals surface area contributed by atoms with Crippen molar-refractivity contribution in [3.63, 3.8) is 0 Å². The number of nitrogens with one attached hydrogen (secondary N) is 2. The molecular formula is C17H23N9O. The Kier molecular flexibility index (Phi) is 6.45. The van der Waals surface area contributed by atoms with Crippen molar-refractivity contribution in [3.8, 4) is 0 Å². The summed E-state index contributed by atoms with van der Waals surface area (Å²) >= 11 is 0. The van der Waals surface area contributed by atoms with Crippen LogP contribution in [0.2, 0.25) is 0 Å². The predicted molar refractivity (Wildman–Crippen MR) is 102 cm³/mol. The topological polar surface area (TPSA) is 112 Å². The lowest BCUT2D eigenvalue weighted by Gasteiger charge is -2.36. The first kappa shape index (κ1) is 18.5. The summed E-state index contributed by atoms with van der Waals surface area (Å²) in [5.41, 5.74) is 0.307. The molecule has 2 aromatic heterocycles. The highest BCUT2D eigenvalue weighted by molar-refractivity contribution is 5.91. The number of guanidine groups is 1. The Labute approximate surface area is 157 Å². The molecule has 2 N–H and O–H groups in total. The zero-order valence-corrected chi connectivity index (χ0v) is 15.2. The molecule has 10 heteroatoms. The molecule has 3 heterocycles. The van der Waals surface area contributed by atoms with Crippen LogP contribution >= 0.6 is 0 Å². The van der Waals surface area contributed by atoms with Crippen LogP contribution in [0.4, 0.5) is 5.95 Å². The molecule has 142 valence electrons. The summed E-state index contributed by atoms with van der Waals surface area (Å²) in [4.78, 5) is 37.1. The largest absolute Gasteiger partial charge is 0.354 e. The van der Waals surface area contributed by atoms with Crippen LogP contribution in [-0.4, -0.2) is 83.0 Å². The van der Waals surface area contributed by atoms with E-state index in [1.54, 1.807) is 19.4 Å². The van der Waals surface area contributed by atoms with Crippen molar-refractivity contribution in [3.05, 3.63) is 42.7 Å². The van der Waals surface area contributed by atoms with E-state index >= 15 is 0 Å². The van der Waals surface area contributed by atoms with Gasteiger partial charge in [0.2, 0.25) is 5.95 Å². The predicted octanol–water partition coefficient (Wildman–Crippen LogP) is -0.606. The minimum Gasteiger partial charge on any atom is -0.354 e. The van der Waals surface area contributed by atoms with Crippen molar-refractivity contribution in [1.82, 2.24) is 35.5 Å². The molecule has 0 saturated carbocycles. The average Bonchev–Trinajstić information content (AvgIpc) is 2.75. The monoisotopic (exact) mass is 369 g/mol. The normalized spacial score (nSPS) is 14.8. The number of carbonyl (C=O) groups excluding carboxylic acids is 1. The summed E-state index contributed by atoms with van der Waals surface area (Å²) in [7, 11) is 1.76. The van der Waals surface area contributed by atoms with Crippen LogP contribution < -0.4 is 15.5 Å². The van der Waals surface area contributed by atoms with E-state index in [0.29, 0.717) is 18.8 Å². The lowest BCUT2D eigenvalue weighted by Crippen LogP contribution is -2.53. The quantitative estimate of drug-likeness (QED) is 0.408. The van der Waals surface area contributed by atoms with Gasteiger partial charge in [-0.15, -0.1) is 0 Å². The van der Waals surface area contributed by atoms with E-state index in [0.717, 1.165) is 38.1 Å². The second-order valence-electron chi connectivity index (χ2n) is 5.84. The first-order chi connectivity index (χ1) is 13.3. The van der Waals surface area contributed by atoms with E-state index in [1.165, 1.54) is 18.6 Å². The molecule has 3 rings (SSSR count). The van der Waals surface area contributed by atoms with Gasteiger partial charge in [0.15, 0.2) is 5.96 Å². The van der Waals surface area contributed by atoms with Gasteiger partial charge in [-0.1, -0.05) is 0 Å². The lowest BCUT2D eigenvalue weighted by atomic mass is 10.3. The number of piperazine rings is 1. The van der Waals surface area contributed by atoms with E-state index < -0.39 is 0 Å². The second-order valence-corrected chi connectivity index (χ2v) is 5.84. The summed E-state index contributed by atoms with van der Waals surface area (Å²) < 4.78 is 0. The van der Waals surface area contributed by atoms with Crippen molar-refractivity contribution >= 4 is 17.8 Å². The van der Waals surface area contributed by atoms with Gasteiger partial charge in [-0.25, -0.2) is 15.0 Å². The van der Waals surface area contributed by atoms with Gasteiger partial charge in [0.25, 0.3) is 5.91 Å². The molecule has 27 heavy (non-hydrogen) atoms. The molecule has 0 radical (unpaired) electrons. The van der Waals surface area contributed by atoms with Gasteiger partial charge in [-0.05, 0) is 6.07 Å². The van der Waals surface area contributed by atoms with Gasteiger partial charge in [-0.3, -0.25) is 14.8 Å². The maximum absolute atomic E-state index is 11.9. The molecule has 0 bridgehead atoms. The van der Waals surface area contributed by atoms with E-state index in [2.05, 4.69) is 45.4 Å². The van der Waals surface area contributed by atoms with E-state index in [9.17, 15) is 4.79 Å². The number of hydrogen-bond acceptors (Lipinski definition) is 7. The van der Waals surface area contributed by atoms with Crippen molar-refractivity contribution in [2.75, 3.05) is 51.2 Å². The number of hydrogen-bond donors (Lipinski definition) is 2. The standard InChI is InChI=1S/C17H23N9O/c1-18-16(24-8-7-21-15(27)14-13-19-5-6-20-14)25-9-11-26(12-10-25)17-22-3-2-4-23-17/h2-6,13H,7-12H2,1H3,(H,18,24)(H,21,27). The molecule has 1 aliphatic rings. The van der Waals surface area contributed by atoms with Crippen LogP contribution in [0.25, 0.3) is 0 Å². The number of aliphatic imine (C=N–C) groups is 1. The summed E-state index contributed by atoms with van der Waals surface area (Å²) in [6.07, 6.45) is 7.98. The number of anilines is 1. The number of aromatic nitrogens is 4. The van der Waals surface area contributed by atoms with Gasteiger partial charge >= 0.3 is 0 Å². The highest BCUT2D eigenvalue weighted by atomic mass is 16.1. The molecular weight excluding hydrogens is 346 g/mol. The molecule has 2 aromatic rings. The van der Waals surface area contributed by atoms with Crippen LogP contribution in [-0.2, 0) is 0 Å². The van der Waals surface area contributed by atoms with Gasteiger partial charge in [0.1, 0.15) is 5.69 Å². The minimum absolute atomic E-state index is 0.239. The molecule has 0 aromatic carbocycles. The Morgan fingerprint density at radius 1 is 1.04 bits per heavy atom. The minimum atomic E-state index is -0.239. The van der Waals surface area contributed by atoms with Crippen molar-refractivity contribution in [1.29, 1.82) is 0 Å². The Bertz CT molecular complexity index is 746. The number of nitrogens with zero attached hydrogens (tertiary/aromatic N) is 7. The van der Waals surface area contributed by atoms with Crippen LogP contribution in [0, 0.1) is 0 Å². The molecule has 0 aliphatic carbocycles. The average molecular weight is 369 g/mol. The molecule has 1 aliphatic heterocycles. The fraction of sp³-hybridized carbons (Fsp3) is 0.412. The van der Waals surface area contributed by atoms with Crippen molar-refractivity contribution in [2.24, 2.45) is 4.99 Å². The Morgan fingerprint density at radius 3 is 2.44 bits per heavy atom. The zero-order valence-electron chi connectivity index (χ0n) is 15.2. The van der Waals surface area contributed by atoms with Crippen molar-refractivity contribution < 1.29 is 4.79 Å². The summed E-state index contributed by atoms with van der Waals surface area (Å²) in [6, 6.07) is 1.81. The Balaban J connectivity index is 1.40. The SMILES string of the molecule is CN=C(NCCNC(=O)c1cnccn1)N1CCN(c2ncccn2)CC1. The molecule has 1 saturated heterocycles. The summed E-state index contributed by atoms with van der Waals surface area (Å²) in [5.74, 6) is 1.33. The molecule has 0 atom stereocenters. The fourth-order valence-corrected chi connectivity index (χ4v) is 2.76. The van der Waals surface area contributed by atoms with Gasteiger partial charge in [0, 0.05) is 71.1 Å². The highest BCUT2D eigenvalue weighted by Gasteiger charge is 2.20. The molecule has 1 amide bonds. The third-order valence-corrected chi connectivity index (χ3v) is 4.12. The lowest BCUT2D eigenvalue weighted by molar-refractivity contribution is 0.0949. The van der Waals surface area contributed by atoms with E-state index in [1.807, 2.05) is 6.07 Å². The van der Waals surface area contributed by atoms with Gasteiger partial charge in [0.05, 0.1) is 6.20 Å². The smallest absolute Gasteiger partial charge is 0.271 e. The summed E-state index contributed by atoms with van der Waals surface area (Å²) in [5, 5.41) is 6.08. The van der Waals surface area contributed by atoms with Crippen molar-refractivity contribution in [2.45, 2.75) is 0 Å². The van der Waals surface area contributed by atoms with Crippen LogP contribution in [0.1, 0.15) is 10.5 Å². The third-order valence-electron chi connectivity index (χ3n) is 4.12. The Morgan fingerprint density at radius 2 is 1.78 bits per heavy atom. The van der Waals surface area contributed by atoms with Crippen LogP contribution in [0.5, 0.6) is 0 Å². The molecule has 0 unspecified atom stereocenters. The van der Waals surface area contributed by atoms with Gasteiger partial charge < -0.3 is 20.4 Å². The summed E-state index contributed by atoms with van der Waals surface area (Å²) in [6.45, 7) is 4.34. The number of carbonyl (C=O) groups is 1. The van der Waals surface area contributed by atoms with E-state index in [4.69, 9.17) is 0 Å². The molecule has 1 fully saturated rings. The highest BCUT2D eigenvalue weighted by Crippen LogP contribution is 2.09. The number of rotatable bonds is 5. The third kappa shape index (κ3) is 5.09. The van der Waals surface area contributed by atoms with Gasteiger partial charge in [-0.2, -0.15) is 0 Å². The zero-order chi connectivity index (χ0) is 18.9. The second kappa shape index (κ2) is 9.41. The first-order valence-corrected chi connectivity index (χ1v) is 8.79.